The predicted molar refractivity (Wildman–Crippen MR) is 96.9 cm³/mol. The van der Waals surface area contributed by atoms with Crippen LogP contribution in [0.15, 0.2) is 24.3 Å². The van der Waals surface area contributed by atoms with Crippen molar-refractivity contribution in [3.8, 4) is 5.75 Å². The second kappa shape index (κ2) is 8.00. The minimum Gasteiger partial charge on any atom is -0.494 e. The number of anilines is 1. The van der Waals surface area contributed by atoms with Crippen LogP contribution < -0.4 is 14.5 Å². The van der Waals surface area contributed by atoms with Crippen molar-refractivity contribution in [1.82, 2.24) is 0 Å². The van der Waals surface area contributed by atoms with Gasteiger partial charge in [0.1, 0.15) is 5.75 Å². The Bertz CT molecular complexity index is 614. The van der Waals surface area contributed by atoms with E-state index in [4.69, 9.17) is 4.74 Å². The van der Waals surface area contributed by atoms with Gasteiger partial charge < -0.3 is 9.64 Å². The van der Waals surface area contributed by atoms with Crippen LogP contribution in [0, 0.1) is 0 Å². The Morgan fingerprint density at radius 2 is 1.92 bits per heavy atom. The first-order chi connectivity index (χ1) is 12.2. The molecule has 2 heterocycles. The van der Waals surface area contributed by atoms with E-state index in [2.05, 4.69) is 13.8 Å². The van der Waals surface area contributed by atoms with Gasteiger partial charge in [-0.15, -0.1) is 0 Å². The molecule has 0 aliphatic carbocycles. The number of quaternary nitrogens is 1. The fraction of sp³-hybridized carbons (Fsp3) is 0.600. The summed E-state index contributed by atoms with van der Waals surface area (Å²) in [7, 11) is 0. The van der Waals surface area contributed by atoms with E-state index in [1.54, 1.807) is 0 Å². The molecule has 5 heteroatoms. The zero-order chi connectivity index (χ0) is 17.8. The van der Waals surface area contributed by atoms with E-state index in [0.29, 0.717) is 24.8 Å². The van der Waals surface area contributed by atoms with Gasteiger partial charge >= 0.3 is 0 Å². The number of carbonyl (C=O) groups is 2. The first-order valence-electron chi connectivity index (χ1n) is 9.61. The quantitative estimate of drug-likeness (QED) is 0.802. The fourth-order valence-electron chi connectivity index (χ4n) is 4.14. The van der Waals surface area contributed by atoms with E-state index in [-0.39, 0.29) is 17.9 Å². The first kappa shape index (κ1) is 17.9. The zero-order valence-electron chi connectivity index (χ0n) is 15.3. The monoisotopic (exact) mass is 345 g/mol. The van der Waals surface area contributed by atoms with Crippen LogP contribution >= 0.6 is 0 Å². The van der Waals surface area contributed by atoms with E-state index >= 15 is 0 Å². The van der Waals surface area contributed by atoms with Gasteiger partial charge in [0.25, 0.3) is 5.91 Å². The summed E-state index contributed by atoms with van der Waals surface area (Å²) >= 11 is 0. The molecule has 5 nitrogen and oxygen atoms in total. The van der Waals surface area contributed by atoms with Crippen LogP contribution in [0.4, 0.5) is 5.69 Å². The van der Waals surface area contributed by atoms with E-state index in [9.17, 15) is 9.59 Å². The summed E-state index contributed by atoms with van der Waals surface area (Å²) in [5, 5.41) is 0. The van der Waals surface area contributed by atoms with Crippen LogP contribution in [0.25, 0.3) is 0 Å². The maximum atomic E-state index is 13.0. The molecule has 3 rings (SSSR count). The molecule has 1 unspecified atom stereocenters. The average molecular weight is 345 g/mol. The van der Waals surface area contributed by atoms with Gasteiger partial charge in [-0.3, -0.25) is 9.59 Å². The molecule has 2 amide bonds. The third-order valence-electron chi connectivity index (χ3n) is 5.45. The molecular formula is C20H29N2O3+. The predicted octanol–water partition coefficient (Wildman–Crippen LogP) is 1.95. The molecular weight excluding hydrogens is 316 g/mol. The van der Waals surface area contributed by atoms with Gasteiger partial charge in [-0.05, 0) is 56.4 Å². The highest BCUT2D eigenvalue weighted by molar-refractivity contribution is 6.21. The lowest BCUT2D eigenvalue weighted by Gasteiger charge is -2.35. The van der Waals surface area contributed by atoms with Crippen molar-refractivity contribution in [3.05, 3.63) is 24.3 Å². The minimum absolute atomic E-state index is 0.0393. The van der Waals surface area contributed by atoms with Crippen molar-refractivity contribution in [2.75, 3.05) is 18.1 Å². The molecule has 2 aliphatic rings. The maximum absolute atomic E-state index is 13.0. The number of hydrogen-bond acceptors (Lipinski definition) is 3. The van der Waals surface area contributed by atoms with Gasteiger partial charge in [-0.25, -0.2) is 4.90 Å². The lowest BCUT2D eigenvalue weighted by molar-refractivity contribution is -0.944. The Kier molecular flexibility index (Phi) is 5.74. The summed E-state index contributed by atoms with van der Waals surface area (Å²) < 4.78 is 5.58. The van der Waals surface area contributed by atoms with Crippen molar-refractivity contribution in [3.63, 3.8) is 0 Å². The molecule has 1 aromatic rings. The first-order valence-corrected chi connectivity index (χ1v) is 9.61. The molecule has 25 heavy (non-hydrogen) atoms. The number of likely N-dealkylation sites (tertiary alicyclic amines) is 1. The third-order valence-corrected chi connectivity index (χ3v) is 5.45. The zero-order valence-corrected chi connectivity index (χ0v) is 15.3. The largest absolute Gasteiger partial charge is 0.494 e. The van der Waals surface area contributed by atoms with E-state index in [1.165, 1.54) is 16.2 Å². The third kappa shape index (κ3) is 3.71. The molecule has 0 radical (unpaired) electrons. The number of nitrogens with one attached hydrogen (secondary N) is 1. The number of rotatable bonds is 6. The van der Waals surface area contributed by atoms with Crippen LogP contribution in [0.5, 0.6) is 5.75 Å². The standard InChI is InChI=1S/C20H28N2O3/c1-3-13-25-17-10-8-16(9-11-17)22-19(23)14-18(20(22)24)21-12-6-5-7-15(21)4-2/h8-11,15,18H,3-7,12-14H2,1-2H3/p+1/t15-,18+/m1/s1. The lowest BCUT2D eigenvalue weighted by Crippen LogP contribution is -3.20. The highest BCUT2D eigenvalue weighted by atomic mass is 16.5. The van der Waals surface area contributed by atoms with Gasteiger partial charge in [0.2, 0.25) is 5.91 Å². The number of imide groups is 1. The Hall–Kier alpha value is -1.88. The van der Waals surface area contributed by atoms with Crippen LogP contribution in [-0.2, 0) is 9.59 Å². The molecule has 1 aromatic carbocycles. The average Bonchev–Trinajstić information content (AvgIpc) is 2.94. The molecule has 2 saturated heterocycles. The lowest BCUT2D eigenvalue weighted by atomic mass is 9.97. The van der Waals surface area contributed by atoms with Crippen molar-refractivity contribution in [1.29, 1.82) is 0 Å². The fourth-order valence-corrected chi connectivity index (χ4v) is 4.14. The van der Waals surface area contributed by atoms with E-state index < -0.39 is 0 Å². The molecule has 0 bridgehead atoms. The van der Waals surface area contributed by atoms with Crippen LogP contribution in [-0.4, -0.2) is 37.0 Å². The summed E-state index contributed by atoms with van der Waals surface area (Å²) in [6, 6.07) is 7.58. The van der Waals surface area contributed by atoms with Gasteiger partial charge in [-0.2, -0.15) is 0 Å². The van der Waals surface area contributed by atoms with Crippen LogP contribution in [0.2, 0.25) is 0 Å². The maximum Gasteiger partial charge on any atom is 0.292 e. The molecule has 1 N–H and O–H groups in total. The van der Waals surface area contributed by atoms with Crippen molar-refractivity contribution in [2.24, 2.45) is 0 Å². The number of benzene rings is 1. The van der Waals surface area contributed by atoms with Crippen LogP contribution in [0.3, 0.4) is 0 Å². The SMILES string of the molecule is CCCOc1ccc(N2C(=O)C[C@H]([NH+]3CCCC[C@H]3CC)C2=O)cc1. The van der Waals surface area contributed by atoms with Crippen molar-refractivity contribution < 1.29 is 19.2 Å². The Morgan fingerprint density at radius 3 is 2.60 bits per heavy atom. The second-order valence-electron chi connectivity index (χ2n) is 7.09. The van der Waals surface area contributed by atoms with Gasteiger partial charge in [0.05, 0.1) is 31.3 Å². The molecule has 0 spiro atoms. The van der Waals surface area contributed by atoms with E-state index in [0.717, 1.165) is 38.0 Å². The van der Waals surface area contributed by atoms with Gasteiger partial charge in [0.15, 0.2) is 6.04 Å². The molecule has 136 valence electrons. The number of ether oxygens (including phenoxy) is 1. The normalized spacial score (nSPS) is 27.0. The molecule has 0 aromatic heterocycles. The summed E-state index contributed by atoms with van der Waals surface area (Å²) in [4.78, 5) is 28.2. The van der Waals surface area contributed by atoms with Gasteiger partial charge in [-0.1, -0.05) is 13.8 Å². The van der Waals surface area contributed by atoms with E-state index in [1.807, 2.05) is 24.3 Å². The summed E-state index contributed by atoms with van der Waals surface area (Å²) in [6.07, 6.45) is 5.89. The summed E-state index contributed by atoms with van der Waals surface area (Å²) in [5.74, 6) is 0.654. The summed E-state index contributed by atoms with van der Waals surface area (Å²) in [5.41, 5.74) is 0.658. The summed E-state index contributed by atoms with van der Waals surface area (Å²) in [6.45, 7) is 5.91. The highest BCUT2D eigenvalue weighted by Gasteiger charge is 2.47. The number of carbonyl (C=O) groups excluding carboxylic acids is 2. The Morgan fingerprint density at radius 1 is 1.16 bits per heavy atom. The minimum atomic E-state index is -0.214. The molecule has 3 atom stereocenters. The number of hydrogen-bond donors (Lipinski definition) is 1. The number of piperidine rings is 1. The Labute approximate surface area is 149 Å². The van der Waals surface area contributed by atoms with Gasteiger partial charge in [0, 0.05) is 0 Å². The smallest absolute Gasteiger partial charge is 0.292 e. The highest BCUT2D eigenvalue weighted by Crippen LogP contribution is 2.25. The number of nitrogens with zero attached hydrogens (tertiary/aromatic N) is 1. The number of amides is 2. The second-order valence-corrected chi connectivity index (χ2v) is 7.09. The van der Waals surface area contributed by atoms with Crippen molar-refractivity contribution in [2.45, 2.75) is 64.5 Å². The van der Waals surface area contributed by atoms with Crippen LogP contribution in [0.1, 0.15) is 52.4 Å². The molecule has 2 aliphatic heterocycles. The molecule has 0 saturated carbocycles. The molecule has 2 fully saturated rings. The Balaban J connectivity index is 1.74. The topological polar surface area (TPSA) is 51.0 Å². The van der Waals surface area contributed by atoms with Crippen molar-refractivity contribution >= 4 is 17.5 Å².